The van der Waals surface area contributed by atoms with Crippen LogP contribution in [0.25, 0.3) is 0 Å². The number of carbonyl (C=O) groups excluding carboxylic acids is 3. The highest BCUT2D eigenvalue weighted by atomic mass is 16.6. The Bertz CT molecular complexity index is 977. The zero-order valence-electron chi connectivity index (χ0n) is 17.7. The number of nitrogens with zero attached hydrogens (tertiary/aromatic N) is 1. The first-order chi connectivity index (χ1) is 14.9. The summed E-state index contributed by atoms with van der Waals surface area (Å²) >= 11 is 0. The van der Waals surface area contributed by atoms with E-state index in [1.807, 2.05) is 74.5 Å². The molecule has 1 aliphatic heterocycles. The third-order valence-electron chi connectivity index (χ3n) is 6.07. The molecule has 31 heavy (non-hydrogen) atoms. The molecule has 2 aromatic carbocycles. The summed E-state index contributed by atoms with van der Waals surface area (Å²) in [5.41, 5.74) is 1.45. The van der Waals surface area contributed by atoms with Crippen LogP contribution in [0.2, 0.25) is 0 Å². The summed E-state index contributed by atoms with van der Waals surface area (Å²) < 4.78 is 10.9. The van der Waals surface area contributed by atoms with E-state index in [4.69, 9.17) is 9.47 Å². The predicted molar refractivity (Wildman–Crippen MR) is 115 cm³/mol. The Morgan fingerprint density at radius 2 is 1.48 bits per heavy atom. The molecule has 0 aromatic heterocycles. The van der Waals surface area contributed by atoms with E-state index in [-0.39, 0.29) is 11.8 Å². The van der Waals surface area contributed by atoms with Gasteiger partial charge in [-0.2, -0.15) is 0 Å². The number of allylic oxidation sites excluding steroid dienone is 1. The molecule has 160 valence electrons. The number of cyclic esters (lactones) is 1. The van der Waals surface area contributed by atoms with Crippen molar-refractivity contribution < 1.29 is 23.9 Å². The second-order valence-corrected chi connectivity index (χ2v) is 8.07. The second kappa shape index (κ2) is 8.38. The highest BCUT2D eigenvalue weighted by Gasteiger charge is 2.54. The summed E-state index contributed by atoms with van der Waals surface area (Å²) in [6.45, 7) is 4.99. The molecule has 2 aromatic rings. The maximum absolute atomic E-state index is 14.1. The van der Waals surface area contributed by atoms with Crippen LogP contribution < -0.4 is 4.90 Å². The number of fused-ring (bicyclic) bond motifs is 1. The number of hydrogen-bond acceptors (Lipinski definition) is 5. The van der Waals surface area contributed by atoms with Crippen LogP contribution >= 0.6 is 0 Å². The van der Waals surface area contributed by atoms with Gasteiger partial charge in [-0.15, -0.1) is 0 Å². The molecule has 1 heterocycles. The Balaban J connectivity index is 1.81. The van der Waals surface area contributed by atoms with Crippen LogP contribution in [0.15, 0.2) is 72.5 Å². The number of ether oxygens (including phenoxy) is 2. The Kier molecular flexibility index (Phi) is 5.63. The molecule has 1 amide bonds. The van der Waals surface area contributed by atoms with Crippen molar-refractivity contribution in [3.05, 3.63) is 72.5 Å². The monoisotopic (exact) mass is 419 g/mol. The fourth-order valence-corrected chi connectivity index (χ4v) is 4.70. The Hall–Kier alpha value is -3.41. The minimum absolute atomic E-state index is 0.164. The standard InChI is InChI=1S/C25H25NO5/c1-15-21(31-17(3)27)14-20-23(16(2)30-25(20)29)22(15)24(28)26(18-10-6-4-7-11-18)19-12-8-5-9-13-19/h4-16,20,22-23H,1-3H3/t15-,16+,20-,22+,23+/m0/s1. The first kappa shape index (κ1) is 20.8. The van der Waals surface area contributed by atoms with Gasteiger partial charge in [0.05, 0.1) is 11.8 Å². The van der Waals surface area contributed by atoms with Gasteiger partial charge in [-0.3, -0.25) is 19.3 Å². The minimum atomic E-state index is -0.622. The van der Waals surface area contributed by atoms with E-state index in [9.17, 15) is 14.4 Å². The van der Waals surface area contributed by atoms with Crippen LogP contribution in [0, 0.1) is 23.7 Å². The van der Waals surface area contributed by atoms with Gasteiger partial charge in [-0.1, -0.05) is 43.3 Å². The molecule has 2 aliphatic rings. The zero-order chi connectivity index (χ0) is 22.1. The van der Waals surface area contributed by atoms with Crippen LogP contribution in [0.3, 0.4) is 0 Å². The molecule has 0 spiro atoms. The molecule has 0 saturated carbocycles. The number of esters is 2. The van der Waals surface area contributed by atoms with Crippen molar-refractivity contribution in [2.75, 3.05) is 4.90 Å². The zero-order valence-corrected chi connectivity index (χ0v) is 17.7. The average Bonchev–Trinajstić information content (AvgIpc) is 3.03. The summed E-state index contributed by atoms with van der Waals surface area (Å²) in [6, 6.07) is 18.8. The molecular weight excluding hydrogens is 394 g/mol. The molecule has 0 radical (unpaired) electrons. The summed E-state index contributed by atoms with van der Waals surface area (Å²) in [7, 11) is 0. The molecular formula is C25H25NO5. The number of rotatable bonds is 4. The average molecular weight is 419 g/mol. The predicted octanol–water partition coefficient (Wildman–Crippen LogP) is 4.24. The van der Waals surface area contributed by atoms with Gasteiger partial charge < -0.3 is 9.47 Å². The summed E-state index contributed by atoms with van der Waals surface area (Å²) in [5, 5.41) is 0. The van der Waals surface area contributed by atoms with E-state index in [1.54, 1.807) is 11.0 Å². The fraction of sp³-hybridized carbons (Fsp3) is 0.320. The highest BCUT2D eigenvalue weighted by Crippen LogP contribution is 2.47. The van der Waals surface area contributed by atoms with Crippen molar-refractivity contribution in [3.8, 4) is 0 Å². The molecule has 6 heteroatoms. The van der Waals surface area contributed by atoms with Gasteiger partial charge in [0.2, 0.25) is 5.91 Å². The molecule has 0 unspecified atom stereocenters. The van der Waals surface area contributed by atoms with Crippen molar-refractivity contribution in [3.63, 3.8) is 0 Å². The van der Waals surface area contributed by atoms with Crippen molar-refractivity contribution in [1.29, 1.82) is 0 Å². The molecule has 6 nitrogen and oxygen atoms in total. The first-order valence-electron chi connectivity index (χ1n) is 10.4. The van der Waals surface area contributed by atoms with Gasteiger partial charge in [0, 0.05) is 30.1 Å². The Morgan fingerprint density at radius 3 is 2.00 bits per heavy atom. The van der Waals surface area contributed by atoms with E-state index in [2.05, 4.69) is 0 Å². The lowest BCUT2D eigenvalue weighted by molar-refractivity contribution is -0.143. The minimum Gasteiger partial charge on any atom is -0.462 e. The fourth-order valence-electron chi connectivity index (χ4n) is 4.70. The van der Waals surface area contributed by atoms with E-state index >= 15 is 0 Å². The molecule has 0 N–H and O–H groups in total. The molecule has 5 atom stereocenters. The highest BCUT2D eigenvalue weighted by molar-refractivity contribution is 6.03. The van der Waals surface area contributed by atoms with E-state index in [0.717, 1.165) is 11.4 Å². The van der Waals surface area contributed by atoms with Gasteiger partial charge in [0.25, 0.3) is 0 Å². The van der Waals surface area contributed by atoms with Crippen LogP contribution in [-0.4, -0.2) is 23.9 Å². The molecule has 1 saturated heterocycles. The number of amides is 1. The molecule has 1 aliphatic carbocycles. The van der Waals surface area contributed by atoms with Crippen LogP contribution in [-0.2, 0) is 23.9 Å². The smallest absolute Gasteiger partial charge is 0.313 e. The lowest BCUT2D eigenvalue weighted by atomic mass is 9.68. The quantitative estimate of drug-likeness (QED) is 0.693. The number of anilines is 2. The van der Waals surface area contributed by atoms with Gasteiger partial charge in [0.1, 0.15) is 11.9 Å². The van der Waals surface area contributed by atoms with Crippen LogP contribution in [0.4, 0.5) is 11.4 Å². The molecule has 1 fully saturated rings. The summed E-state index contributed by atoms with van der Waals surface area (Å²) in [4.78, 5) is 40.0. The second-order valence-electron chi connectivity index (χ2n) is 8.07. The van der Waals surface area contributed by atoms with E-state index < -0.39 is 35.8 Å². The molecule has 0 bridgehead atoms. The van der Waals surface area contributed by atoms with E-state index in [1.165, 1.54) is 6.92 Å². The number of para-hydroxylation sites is 2. The lowest BCUT2D eigenvalue weighted by Gasteiger charge is -2.38. The van der Waals surface area contributed by atoms with Crippen LogP contribution in [0.1, 0.15) is 20.8 Å². The van der Waals surface area contributed by atoms with Crippen molar-refractivity contribution in [2.24, 2.45) is 23.7 Å². The maximum Gasteiger partial charge on any atom is 0.313 e. The topological polar surface area (TPSA) is 72.9 Å². The normalized spacial score (nSPS) is 27.0. The number of hydrogen-bond donors (Lipinski definition) is 0. The lowest BCUT2D eigenvalue weighted by Crippen LogP contribution is -2.46. The van der Waals surface area contributed by atoms with E-state index in [0.29, 0.717) is 5.76 Å². The first-order valence-corrected chi connectivity index (χ1v) is 10.4. The Morgan fingerprint density at radius 1 is 0.935 bits per heavy atom. The van der Waals surface area contributed by atoms with Crippen LogP contribution in [0.5, 0.6) is 0 Å². The van der Waals surface area contributed by atoms with Crippen molar-refractivity contribution in [2.45, 2.75) is 26.9 Å². The Labute approximate surface area is 181 Å². The van der Waals surface area contributed by atoms with Gasteiger partial charge >= 0.3 is 11.9 Å². The third-order valence-corrected chi connectivity index (χ3v) is 6.07. The van der Waals surface area contributed by atoms with Gasteiger partial charge in [0.15, 0.2) is 0 Å². The van der Waals surface area contributed by atoms with Crippen molar-refractivity contribution in [1.82, 2.24) is 0 Å². The van der Waals surface area contributed by atoms with Gasteiger partial charge in [-0.05, 0) is 37.3 Å². The summed E-state index contributed by atoms with van der Waals surface area (Å²) in [6.07, 6.45) is 1.24. The molecule has 4 rings (SSSR count). The van der Waals surface area contributed by atoms with Gasteiger partial charge in [-0.25, -0.2) is 0 Å². The SMILES string of the molecule is CC(=O)OC1=C[C@@H]2C(=O)O[C@H](C)[C@H]2[C@H](C(=O)N(c2ccccc2)c2ccccc2)[C@H]1C. The summed E-state index contributed by atoms with van der Waals surface area (Å²) in [5.74, 6) is -2.66. The number of benzene rings is 2. The third kappa shape index (κ3) is 3.85. The maximum atomic E-state index is 14.1. The largest absolute Gasteiger partial charge is 0.462 e. The number of carbonyl (C=O) groups is 3. The van der Waals surface area contributed by atoms with Crippen molar-refractivity contribution >= 4 is 29.2 Å².